The van der Waals surface area contributed by atoms with Crippen LogP contribution in [0.2, 0.25) is 0 Å². The van der Waals surface area contributed by atoms with Crippen molar-refractivity contribution in [3.05, 3.63) is 52.5 Å². The van der Waals surface area contributed by atoms with Gasteiger partial charge in [-0.3, -0.25) is 10.1 Å². The summed E-state index contributed by atoms with van der Waals surface area (Å²) in [6.07, 6.45) is 1.96. The van der Waals surface area contributed by atoms with Crippen molar-refractivity contribution in [2.45, 2.75) is 4.90 Å². The van der Waals surface area contributed by atoms with Crippen LogP contribution in [0.3, 0.4) is 0 Å². The maximum Gasteiger partial charge on any atom is 0.258 e. The molecule has 1 heterocycles. The molecule has 21 heavy (non-hydrogen) atoms. The fourth-order valence-electron chi connectivity index (χ4n) is 1.95. The van der Waals surface area contributed by atoms with Crippen molar-refractivity contribution in [3.63, 3.8) is 0 Å². The van der Waals surface area contributed by atoms with E-state index in [1.54, 1.807) is 11.8 Å². The van der Waals surface area contributed by atoms with E-state index in [0.717, 1.165) is 19.6 Å². The van der Waals surface area contributed by atoms with Crippen molar-refractivity contribution in [1.82, 2.24) is 4.98 Å². The van der Waals surface area contributed by atoms with Crippen LogP contribution in [-0.4, -0.2) is 17.1 Å². The van der Waals surface area contributed by atoms with Gasteiger partial charge >= 0.3 is 0 Å². The molecule has 1 aromatic heterocycles. The lowest BCUT2D eigenvalue weighted by Gasteiger charge is -2.05. The van der Waals surface area contributed by atoms with Crippen molar-refractivity contribution in [1.29, 1.82) is 0 Å². The van der Waals surface area contributed by atoms with Crippen LogP contribution >= 0.6 is 39.0 Å². The quantitative estimate of drug-likeness (QED) is 0.649. The molecule has 1 N–H and O–H groups in total. The van der Waals surface area contributed by atoms with Gasteiger partial charge < -0.3 is 0 Å². The summed E-state index contributed by atoms with van der Waals surface area (Å²) in [4.78, 5) is 17.8. The van der Waals surface area contributed by atoms with Gasteiger partial charge in [-0.2, -0.15) is 0 Å². The number of aromatic nitrogens is 1. The fraction of sp³-hybridized carbons (Fsp3) is 0.0667. The van der Waals surface area contributed by atoms with Gasteiger partial charge in [-0.1, -0.05) is 39.4 Å². The number of amides is 1. The van der Waals surface area contributed by atoms with Gasteiger partial charge in [0, 0.05) is 9.37 Å². The summed E-state index contributed by atoms with van der Waals surface area (Å²) in [5, 5.41) is 3.50. The topological polar surface area (TPSA) is 42.0 Å². The summed E-state index contributed by atoms with van der Waals surface area (Å²) in [5.41, 5.74) is 1.56. The summed E-state index contributed by atoms with van der Waals surface area (Å²) in [6.45, 7) is 0. The second-order valence-corrected chi connectivity index (χ2v) is 7.08. The molecule has 3 nitrogen and oxygen atoms in total. The van der Waals surface area contributed by atoms with Crippen LogP contribution in [0.5, 0.6) is 0 Å². The Hall–Kier alpha value is -1.37. The minimum atomic E-state index is -0.127. The van der Waals surface area contributed by atoms with Gasteiger partial charge in [0.1, 0.15) is 0 Å². The Labute approximate surface area is 138 Å². The van der Waals surface area contributed by atoms with Crippen molar-refractivity contribution >= 4 is 60.3 Å². The minimum absolute atomic E-state index is 0.127. The lowest BCUT2D eigenvalue weighted by atomic mass is 10.2. The average molecular weight is 379 g/mol. The minimum Gasteiger partial charge on any atom is -0.298 e. The van der Waals surface area contributed by atoms with E-state index in [1.807, 2.05) is 48.7 Å². The molecule has 106 valence electrons. The Bertz CT molecular complexity index is 816. The molecule has 0 radical (unpaired) electrons. The summed E-state index contributed by atoms with van der Waals surface area (Å²) in [5.74, 6) is -0.127. The number of benzene rings is 2. The first-order chi connectivity index (χ1) is 10.2. The van der Waals surface area contributed by atoms with E-state index in [-0.39, 0.29) is 5.91 Å². The number of halogens is 1. The van der Waals surface area contributed by atoms with Gasteiger partial charge in [-0.05, 0) is 36.6 Å². The van der Waals surface area contributed by atoms with Crippen LogP contribution in [-0.2, 0) is 0 Å². The van der Waals surface area contributed by atoms with Gasteiger partial charge in [-0.25, -0.2) is 4.98 Å². The maximum absolute atomic E-state index is 12.4. The van der Waals surface area contributed by atoms with Gasteiger partial charge in [0.25, 0.3) is 5.91 Å². The van der Waals surface area contributed by atoms with Crippen molar-refractivity contribution in [2.75, 3.05) is 11.6 Å². The number of carbonyl (C=O) groups is 1. The monoisotopic (exact) mass is 378 g/mol. The largest absolute Gasteiger partial charge is 0.298 e. The van der Waals surface area contributed by atoms with Crippen molar-refractivity contribution in [3.8, 4) is 0 Å². The van der Waals surface area contributed by atoms with Gasteiger partial charge in [0.2, 0.25) is 0 Å². The number of carbonyl (C=O) groups excluding carboxylic acids is 1. The molecule has 0 bridgehead atoms. The molecular formula is C15H11BrN2OS2. The highest BCUT2D eigenvalue weighted by Gasteiger charge is 2.13. The summed E-state index contributed by atoms with van der Waals surface area (Å²) in [7, 11) is 0. The Kier molecular flexibility index (Phi) is 4.28. The zero-order valence-corrected chi connectivity index (χ0v) is 14.3. The molecule has 0 aliphatic rings. The SMILES string of the molecule is CSc1ccccc1C(=O)Nc1nc2ccc(Br)cc2s1. The van der Waals surface area contributed by atoms with E-state index in [0.29, 0.717) is 10.7 Å². The molecule has 6 heteroatoms. The zero-order chi connectivity index (χ0) is 14.8. The highest BCUT2D eigenvalue weighted by molar-refractivity contribution is 9.10. The fourth-order valence-corrected chi connectivity index (χ4v) is 3.96. The number of hydrogen-bond acceptors (Lipinski definition) is 4. The molecule has 0 fully saturated rings. The molecule has 3 rings (SSSR count). The first kappa shape index (κ1) is 14.6. The normalized spacial score (nSPS) is 10.8. The molecule has 1 amide bonds. The second kappa shape index (κ2) is 6.17. The average Bonchev–Trinajstić information content (AvgIpc) is 2.88. The highest BCUT2D eigenvalue weighted by atomic mass is 79.9. The van der Waals surface area contributed by atoms with Crippen molar-refractivity contribution < 1.29 is 4.79 Å². The van der Waals surface area contributed by atoms with E-state index in [2.05, 4.69) is 26.2 Å². The summed E-state index contributed by atoms with van der Waals surface area (Å²) >= 11 is 6.46. The zero-order valence-electron chi connectivity index (χ0n) is 11.1. The first-order valence-corrected chi connectivity index (χ1v) is 9.01. The predicted molar refractivity (Wildman–Crippen MR) is 93.5 cm³/mol. The molecule has 0 saturated carbocycles. The Morgan fingerprint density at radius 1 is 1.29 bits per heavy atom. The molecular weight excluding hydrogens is 368 g/mol. The molecule has 0 unspecified atom stereocenters. The van der Waals surface area contributed by atoms with E-state index < -0.39 is 0 Å². The van der Waals surface area contributed by atoms with Crippen LogP contribution in [0.15, 0.2) is 51.8 Å². The number of nitrogens with zero attached hydrogens (tertiary/aromatic N) is 1. The van der Waals surface area contributed by atoms with E-state index in [9.17, 15) is 4.79 Å². The van der Waals surface area contributed by atoms with Crippen LogP contribution < -0.4 is 5.32 Å². The van der Waals surface area contributed by atoms with Crippen molar-refractivity contribution in [2.24, 2.45) is 0 Å². The molecule has 2 aromatic carbocycles. The third-order valence-corrected chi connectivity index (χ3v) is 5.15. The lowest BCUT2D eigenvalue weighted by Crippen LogP contribution is -2.12. The number of thiazole rings is 1. The number of nitrogens with one attached hydrogen (secondary N) is 1. The second-order valence-electron chi connectivity index (χ2n) is 4.29. The van der Waals surface area contributed by atoms with E-state index >= 15 is 0 Å². The number of rotatable bonds is 3. The van der Waals surface area contributed by atoms with Crippen LogP contribution in [0.4, 0.5) is 5.13 Å². The lowest BCUT2D eigenvalue weighted by molar-refractivity contribution is 0.102. The first-order valence-electron chi connectivity index (χ1n) is 6.18. The van der Waals surface area contributed by atoms with Crippen LogP contribution in [0, 0.1) is 0 Å². The Morgan fingerprint density at radius 2 is 2.10 bits per heavy atom. The van der Waals surface area contributed by atoms with Gasteiger partial charge in [0.15, 0.2) is 5.13 Å². The molecule has 0 aliphatic heterocycles. The number of thioether (sulfide) groups is 1. The smallest absolute Gasteiger partial charge is 0.258 e. The number of fused-ring (bicyclic) bond motifs is 1. The Balaban J connectivity index is 1.89. The summed E-state index contributed by atoms with van der Waals surface area (Å²) in [6, 6.07) is 13.4. The summed E-state index contributed by atoms with van der Waals surface area (Å²) < 4.78 is 2.04. The third kappa shape index (κ3) is 3.12. The number of anilines is 1. The number of hydrogen-bond donors (Lipinski definition) is 1. The molecule has 0 atom stereocenters. The van der Waals surface area contributed by atoms with E-state index in [4.69, 9.17) is 0 Å². The predicted octanol–water partition coefficient (Wildman–Crippen LogP) is 5.03. The van der Waals surface area contributed by atoms with Crippen LogP contribution in [0.1, 0.15) is 10.4 Å². The van der Waals surface area contributed by atoms with Crippen LogP contribution in [0.25, 0.3) is 10.2 Å². The Morgan fingerprint density at radius 3 is 2.90 bits per heavy atom. The molecule has 0 aliphatic carbocycles. The molecule has 0 saturated heterocycles. The molecule has 0 spiro atoms. The van der Waals surface area contributed by atoms with Gasteiger partial charge in [0.05, 0.1) is 15.8 Å². The standard InChI is InChI=1S/C15H11BrN2OS2/c1-20-12-5-3-2-4-10(12)14(19)18-15-17-11-7-6-9(16)8-13(11)21-15/h2-8H,1H3,(H,17,18,19). The van der Waals surface area contributed by atoms with E-state index in [1.165, 1.54) is 11.3 Å². The third-order valence-electron chi connectivity index (χ3n) is 2.92. The maximum atomic E-state index is 12.4. The highest BCUT2D eigenvalue weighted by Crippen LogP contribution is 2.29. The van der Waals surface area contributed by atoms with Gasteiger partial charge in [-0.15, -0.1) is 11.8 Å². The molecule has 3 aromatic rings.